The lowest BCUT2D eigenvalue weighted by atomic mass is 10.0. The fourth-order valence-electron chi connectivity index (χ4n) is 3.50. The van der Waals surface area contributed by atoms with E-state index in [4.69, 9.17) is 14.2 Å². The first-order valence-electron chi connectivity index (χ1n) is 10.1. The third-order valence-corrected chi connectivity index (χ3v) is 6.01. The first-order chi connectivity index (χ1) is 14.6. The summed E-state index contributed by atoms with van der Waals surface area (Å²) in [5.41, 5.74) is 2.76. The Morgan fingerprint density at radius 3 is 2.40 bits per heavy atom. The van der Waals surface area contributed by atoms with Crippen LogP contribution in [0.15, 0.2) is 48.5 Å². The van der Waals surface area contributed by atoms with Crippen molar-refractivity contribution in [3.8, 4) is 38.8 Å². The molecule has 2 heterocycles. The molecule has 2 aromatic carbocycles. The molecule has 0 unspecified atom stereocenters. The standard InChI is InChI=1S/C24H25NO4S/c1-4-27-24(26)23-21(28-15-9-14-25(2)3)20-16-10-5-7-12-18(16)29-19-13-8-6-11-17(19)22(20)30-23/h5-8,10-13H,4,9,14-15H2,1-3H3. The van der Waals surface area contributed by atoms with Crippen LogP contribution in [0, 0.1) is 0 Å². The van der Waals surface area contributed by atoms with Crippen LogP contribution in [0.5, 0.6) is 17.2 Å². The number of rotatable bonds is 7. The number of para-hydroxylation sites is 2. The summed E-state index contributed by atoms with van der Waals surface area (Å²) in [5, 5.41) is 0. The lowest BCUT2D eigenvalue weighted by Crippen LogP contribution is -2.16. The molecular weight excluding hydrogens is 398 g/mol. The van der Waals surface area contributed by atoms with Gasteiger partial charge < -0.3 is 19.1 Å². The highest BCUT2D eigenvalue weighted by atomic mass is 32.1. The van der Waals surface area contributed by atoms with Crippen molar-refractivity contribution in [3.05, 3.63) is 53.4 Å². The van der Waals surface area contributed by atoms with Crippen molar-refractivity contribution in [2.75, 3.05) is 33.9 Å². The van der Waals surface area contributed by atoms with E-state index in [-0.39, 0.29) is 5.97 Å². The maximum absolute atomic E-state index is 12.8. The van der Waals surface area contributed by atoms with Gasteiger partial charge in [-0.2, -0.15) is 0 Å². The number of esters is 1. The molecule has 6 heteroatoms. The predicted octanol–water partition coefficient (Wildman–Crippen LogP) is 5.70. The van der Waals surface area contributed by atoms with Gasteiger partial charge in [0.15, 0.2) is 10.6 Å². The van der Waals surface area contributed by atoms with Crippen LogP contribution >= 0.6 is 11.3 Å². The van der Waals surface area contributed by atoms with E-state index in [2.05, 4.69) is 4.90 Å². The second-order valence-corrected chi connectivity index (χ2v) is 8.31. The Morgan fingerprint density at radius 1 is 1.03 bits per heavy atom. The second kappa shape index (κ2) is 8.90. The Morgan fingerprint density at radius 2 is 1.70 bits per heavy atom. The van der Waals surface area contributed by atoms with E-state index in [0.717, 1.165) is 46.0 Å². The summed E-state index contributed by atoms with van der Waals surface area (Å²) < 4.78 is 17.8. The zero-order valence-corrected chi connectivity index (χ0v) is 18.3. The SMILES string of the molecule is CCOC(=O)c1sc2c(c1OCCCN(C)C)-c1ccccc1Oc1ccccc1-2. The Bertz CT molecular complexity index is 1060. The molecule has 1 aromatic heterocycles. The van der Waals surface area contributed by atoms with Gasteiger partial charge in [0.2, 0.25) is 0 Å². The molecule has 0 saturated carbocycles. The van der Waals surface area contributed by atoms with Crippen LogP contribution < -0.4 is 9.47 Å². The Balaban J connectivity index is 1.88. The molecule has 3 aromatic rings. The van der Waals surface area contributed by atoms with Crippen molar-refractivity contribution in [2.24, 2.45) is 0 Å². The molecule has 0 atom stereocenters. The van der Waals surface area contributed by atoms with E-state index in [1.54, 1.807) is 0 Å². The minimum atomic E-state index is -0.353. The van der Waals surface area contributed by atoms with Crippen molar-refractivity contribution < 1.29 is 19.0 Å². The smallest absolute Gasteiger partial charge is 0.352 e. The molecule has 1 aliphatic rings. The van der Waals surface area contributed by atoms with Crippen LogP contribution in [0.25, 0.3) is 21.6 Å². The van der Waals surface area contributed by atoms with E-state index >= 15 is 0 Å². The summed E-state index contributed by atoms with van der Waals surface area (Å²) in [6, 6.07) is 15.8. The van der Waals surface area contributed by atoms with Crippen molar-refractivity contribution in [2.45, 2.75) is 13.3 Å². The van der Waals surface area contributed by atoms with Gasteiger partial charge in [0.25, 0.3) is 0 Å². The number of carbonyl (C=O) groups is 1. The molecule has 0 spiro atoms. The first kappa shape index (κ1) is 20.4. The molecule has 156 valence electrons. The van der Waals surface area contributed by atoms with Crippen LogP contribution in [0.4, 0.5) is 0 Å². The number of hydrogen-bond acceptors (Lipinski definition) is 6. The molecule has 0 bridgehead atoms. The topological polar surface area (TPSA) is 48.0 Å². The van der Waals surface area contributed by atoms with Crippen LogP contribution in [0.3, 0.4) is 0 Å². The molecule has 0 saturated heterocycles. The third kappa shape index (κ3) is 3.93. The van der Waals surface area contributed by atoms with Crippen LogP contribution in [-0.4, -0.2) is 44.7 Å². The van der Waals surface area contributed by atoms with Gasteiger partial charge in [-0.25, -0.2) is 4.79 Å². The van der Waals surface area contributed by atoms with Crippen molar-refractivity contribution >= 4 is 17.3 Å². The average molecular weight is 424 g/mol. The van der Waals surface area contributed by atoms with Gasteiger partial charge in [0.1, 0.15) is 11.5 Å². The number of carbonyl (C=O) groups excluding carboxylic acids is 1. The van der Waals surface area contributed by atoms with Crippen LogP contribution in [0.1, 0.15) is 23.0 Å². The maximum atomic E-state index is 12.8. The predicted molar refractivity (Wildman–Crippen MR) is 120 cm³/mol. The maximum Gasteiger partial charge on any atom is 0.352 e. The average Bonchev–Trinajstić information content (AvgIpc) is 3.04. The Labute approximate surface area is 180 Å². The summed E-state index contributed by atoms with van der Waals surface area (Å²) in [7, 11) is 4.07. The summed E-state index contributed by atoms with van der Waals surface area (Å²) >= 11 is 1.40. The highest BCUT2D eigenvalue weighted by Gasteiger charge is 2.31. The number of fused-ring (bicyclic) bond motifs is 5. The molecule has 4 rings (SSSR count). The highest BCUT2D eigenvalue weighted by Crippen LogP contribution is 2.55. The lowest BCUT2D eigenvalue weighted by Gasteiger charge is -2.13. The number of hydrogen-bond donors (Lipinski definition) is 0. The molecule has 30 heavy (non-hydrogen) atoms. The van der Waals surface area contributed by atoms with Gasteiger partial charge in [-0.3, -0.25) is 0 Å². The third-order valence-electron chi connectivity index (χ3n) is 4.83. The highest BCUT2D eigenvalue weighted by molar-refractivity contribution is 7.18. The minimum Gasteiger partial charge on any atom is -0.491 e. The molecule has 1 aliphatic heterocycles. The second-order valence-electron chi connectivity index (χ2n) is 7.28. The summed E-state index contributed by atoms with van der Waals surface area (Å²) in [4.78, 5) is 16.4. The molecule has 0 N–H and O–H groups in total. The van der Waals surface area contributed by atoms with E-state index in [9.17, 15) is 4.79 Å². The van der Waals surface area contributed by atoms with Gasteiger partial charge >= 0.3 is 5.97 Å². The molecule has 0 radical (unpaired) electrons. The zero-order chi connectivity index (χ0) is 21.1. The normalized spacial score (nSPS) is 11.7. The largest absolute Gasteiger partial charge is 0.491 e. The molecular formula is C24H25NO4S. The number of ether oxygens (including phenoxy) is 3. The zero-order valence-electron chi connectivity index (χ0n) is 17.4. The molecule has 0 fully saturated rings. The minimum absolute atomic E-state index is 0.317. The molecule has 5 nitrogen and oxygen atoms in total. The quantitative estimate of drug-likeness (QED) is 0.282. The van der Waals surface area contributed by atoms with Crippen molar-refractivity contribution in [1.29, 1.82) is 0 Å². The number of benzene rings is 2. The van der Waals surface area contributed by atoms with Gasteiger partial charge in [0.05, 0.1) is 18.1 Å². The van der Waals surface area contributed by atoms with E-state index < -0.39 is 0 Å². The fourth-order valence-corrected chi connectivity index (χ4v) is 4.68. The van der Waals surface area contributed by atoms with Crippen molar-refractivity contribution in [1.82, 2.24) is 4.90 Å². The molecule has 0 amide bonds. The van der Waals surface area contributed by atoms with E-state index in [0.29, 0.717) is 23.8 Å². The van der Waals surface area contributed by atoms with Crippen LogP contribution in [0.2, 0.25) is 0 Å². The van der Waals surface area contributed by atoms with E-state index in [1.165, 1.54) is 11.3 Å². The van der Waals surface area contributed by atoms with Crippen molar-refractivity contribution in [3.63, 3.8) is 0 Å². The van der Waals surface area contributed by atoms with Gasteiger partial charge in [0, 0.05) is 23.2 Å². The number of thiophene rings is 1. The first-order valence-corrected chi connectivity index (χ1v) is 10.9. The fraction of sp³-hybridized carbons (Fsp3) is 0.292. The monoisotopic (exact) mass is 423 g/mol. The van der Waals surface area contributed by atoms with Gasteiger partial charge in [-0.05, 0) is 45.6 Å². The molecule has 0 aliphatic carbocycles. The number of nitrogens with zero attached hydrogens (tertiary/aromatic N) is 1. The summed E-state index contributed by atoms with van der Waals surface area (Å²) in [6.45, 7) is 3.55. The lowest BCUT2D eigenvalue weighted by molar-refractivity contribution is 0.0528. The summed E-state index contributed by atoms with van der Waals surface area (Å²) in [6.07, 6.45) is 0.856. The summed E-state index contributed by atoms with van der Waals surface area (Å²) in [5.74, 6) is 1.74. The van der Waals surface area contributed by atoms with Gasteiger partial charge in [-0.15, -0.1) is 11.3 Å². The van der Waals surface area contributed by atoms with E-state index in [1.807, 2.05) is 69.6 Å². The van der Waals surface area contributed by atoms with Gasteiger partial charge in [-0.1, -0.05) is 30.3 Å². The Hall–Kier alpha value is -2.83. The Kier molecular flexibility index (Phi) is 6.06. The van der Waals surface area contributed by atoms with Crippen LogP contribution in [-0.2, 0) is 4.74 Å².